The Kier molecular flexibility index (Phi) is 16.8. The Labute approximate surface area is 126 Å². The molecule has 0 atom stereocenters. The van der Waals surface area contributed by atoms with Gasteiger partial charge in [-0.25, -0.2) is 0 Å². The number of rotatable bonds is 16. The van der Waals surface area contributed by atoms with Gasteiger partial charge in [0.05, 0.1) is 6.61 Å². The van der Waals surface area contributed by atoms with Crippen molar-refractivity contribution in [2.45, 2.75) is 45.4 Å². The number of nitrogens with one attached hydrogen (secondary N) is 1. The summed E-state index contributed by atoms with van der Waals surface area (Å²) in [6, 6.07) is 0. The molecule has 122 valence electrons. The van der Waals surface area contributed by atoms with Gasteiger partial charge in [-0.3, -0.25) is 0 Å². The maximum Gasteiger partial charge on any atom is 0.0589 e. The van der Waals surface area contributed by atoms with Crippen molar-refractivity contribution in [3.8, 4) is 0 Å². The fourth-order valence-electron chi connectivity index (χ4n) is 2.23. The molecule has 0 heterocycles. The van der Waals surface area contributed by atoms with E-state index < -0.39 is 0 Å². The summed E-state index contributed by atoms with van der Waals surface area (Å²) in [6.07, 6.45) is 7.62. The molecule has 0 radical (unpaired) electrons. The molecule has 0 aliphatic rings. The molecule has 0 amide bonds. The molecule has 0 aromatic carbocycles. The zero-order chi connectivity index (χ0) is 14.9. The molecule has 0 unspecified atom stereocenters. The van der Waals surface area contributed by atoms with Crippen molar-refractivity contribution in [1.82, 2.24) is 10.2 Å². The van der Waals surface area contributed by atoms with Crippen LogP contribution in [0.2, 0.25) is 0 Å². The lowest BCUT2D eigenvalue weighted by molar-refractivity contribution is 0.131. The number of nitrogens with zero attached hydrogens (tertiary/aromatic N) is 1. The summed E-state index contributed by atoms with van der Waals surface area (Å²) in [6.45, 7) is 9.58. The van der Waals surface area contributed by atoms with Gasteiger partial charge in [0, 0.05) is 33.9 Å². The fourth-order valence-corrected chi connectivity index (χ4v) is 2.23. The van der Waals surface area contributed by atoms with E-state index in [1.54, 1.807) is 14.2 Å². The second-order valence-corrected chi connectivity index (χ2v) is 5.35. The molecular formula is C16H36N2O2. The second kappa shape index (κ2) is 16.9. The van der Waals surface area contributed by atoms with E-state index in [4.69, 9.17) is 9.47 Å². The molecular weight excluding hydrogens is 252 g/mol. The quantitative estimate of drug-likeness (QED) is 0.443. The van der Waals surface area contributed by atoms with Gasteiger partial charge in [0.1, 0.15) is 0 Å². The summed E-state index contributed by atoms with van der Waals surface area (Å²) in [7, 11) is 3.54. The highest BCUT2D eigenvalue weighted by atomic mass is 16.5. The molecule has 1 N–H and O–H groups in total. The maximum absolute atomic E-state index is 5.18. The van der Waals surface area contributed by atoms with Gasteiger partial charge in [0.2, 0.25) is 0 Å². The molecule has 0 aliphatic heterocycles. The van der Waals surface area contributed by atoms with Crippen molar-refractivity contribution >= 4 is 0 Å². The summed E-state index contributed by atoms with van der Waals surface area (Å²) in [5.74, 6) is 0. The van der Waals surface area contributed by atoms with Crippen LogP contribution in [0.1, 0.15) is 45.4 Å². The van der Waals surface area contributed by atoms with Crippen molar-refractivity contribution in [2.24, 2.45) is 0 Å². The van der Waals surface area contributed by atoms with E-state index in [1.165, 1.54) is 45.2 Å². The van der Waals surface area contributed by atoms with E-state index >= 15 is 0 Å². The van der Waals surface area contributed by atoms with Gasteiger partial charge in [0.15, 0.2) is 0 Å². The predicted molar refractivity (Wildman–Crippen MR) is 86.4 cm³/mol. The fraction of sp³-hybridized carbons (Fsp3) is 1.00. The van der Waals surface area contributed by atoms with E-state index in [1.807, 2.05) is 0 Å². The number of unbranched alkanes of at least 4 members (excludes halogenated alkanes) is 3. The van der Waals surface area contributed by atoms with Crippen LogP contribution in [0.15, 0.2) is 0 Å². The average Bonchev–Trinajstić information content (AvgIpc) is 2.47. The number of ether oxygens (including phenoxy) is 2. The normalized spacial score (nSPS) is 11.4. The minimum atomic E-state index is 0.827. The first-order valence-corrected chi connectivity index (χ1v) is 8.26. The smallest absolute Gasteiger partial charge is 0.0589 e. The molecule has 0 aromatic rings. The van der Waals surface area contributed by atoms with Gasteiger partial charge in [-0.1, -0.05) is 19.8 Å². The summed E-state index contributed by atoms with van der Waals surface area (Å²) in [4.78, 5) is 2.50. The minimum absolute atomic E-state index is 0.827. The molecule has 0 bridgehead atoms. The van der Waals surface area contributed by atoms with Gasteiger partial charge in [-0.15, -0.1) is 0 Å². The SMILES string of the molecule is CCCNCCCCCCN(CCCOC)CCOC. The van der Waals surface area contributed by atoms with Gasteiger partial charge in [0.25, 0.3) is 0 Å². The van der Waals surface area contributed by atoms with Crippen LogP contribution in [0.3, 0.4) is 0 Å². The van der Waals surface area contributed by atoms with Crippen molar-refractivity contribution in [3.05, 3.63) is 0 Å². The highest BCUT2D eigenvalue weighted by Gasteiger charge is 2.04. The summed E-state index contributed by atoms with van der Waals surface area (Å²) < 4.78 is 10.3. The van der Waals surface area contributed by atoms with Crippen LogP contribution in [-0.2, 0) is 9.47 Å². The molecule has 0 saturated carbocycles. The topological polar surface area (TPSA) is 33.7 Å². The van der Waals surface area contributed by atoms with Crippen LogP contribution < -0.4 is 5.32 Å². The molecule has 4 nitrogen and oxygen atoms in total. The third-order valence-corrected chi connectivity index (χ3v) is 3.44. The highest BCUT2D eigenvalue weighted by Crippen LogP contribution is 2.02. The standard InChI is InChI=1S/C16H36N2O2/c1-4-10-17-11-7-5-6-8-12-18(14-16-20-3)13-9-15-19-2/h17H,4-16H2,1-3H3. The molecule has 0 rings (SSSR count). The van der Waals surface area contributed by atoms with Crippen LogP contribution in [-0.4, -0.2) is 65.1 Å². The van der Waals surface area contributed by atoms with E-state index in [-0.39, 0.29) is 0 Å². The lowest BCUT2D eigenvalue weighted by Gasteiger charge is -2.21. The largest absolute Gasteiger partial charge is 0.385 e. The lowest BCUT2D eigenvalue weighted by Crippen LogP contribution is -2.30. The van der Waals surface area contributed by atoms with Gasteiger partial charge >= 0.3 is 0 Å². The van der Waals surface area contributed by atoms with Crippen molar-refractivity contribution in [1.29, 1.82) is 0 Å². The first kappa shape index (κ1) is 19.8. The zero-order valence-electron chi connectivity index (χ0n) is 14.0. The average molecular weight is 288 g/mol. The molecule has 4 heteroatoms. The molecule has 0 aromatic heterocycles. The molecule has 0 spiro atoms. The first-order chi connectivity index (χ1) is 9.85. The Bertz CT molecular complexity index is 180. The van der Waals surface area contributed by atoms with Crippen LogP contribution in [0.5, 0.6) is 0 Å². The Morgan fingerprint density at radius 1 is 0.750 bits per heavy atom. The van der Waals surface area contributed by atoms with Crippen molar-refractivity contribution in [3.63, 3.8) is 0 Å². The highest BCUT2D eigenvalue weighted by molar-refractivity contribution is 4.58. The van der Waals surface area contributed by atoms with Crippen LogP contribution in [0.4, 0.5) is 0 Å². The summed E-state index contributed by atoms with van der Waals surface area (Å²) in [5, 5.41) is 3.46. The Morgan fingerprint density at radius 2 is 1.45 bits per heavy atom. The lowest BCUT2D eigenvalue weighted by atomic mass is 10.2. The Balaban J connectivity index is 3.46. The van der Waals surface area contributed by atoms with E-state index in [0.29, 0.717) is 0 Å². The molecule has 20 heavy (non-hydrogen) atoms. The van der Waals surface area contributed by atoms with Crippen LogP contribution in [0, 0.1) is 0 Å². The monoisotopic (exact) mass is 288 g/mol. The van der Waals surface area contributed by atoms with Gasteiger partial charge in [-0.05, 0) is 45.3 Å². The van der Waals surface area contributed by atoms with Crippen LogP contribution >= 0.6 is 0 Å². The first-order valence-electron chi connectivity index (χ1n) is 8.26. The van der Waals surface area contributed by atoms with Crippen LogP contribution in [0.25, 0.3) is 0 Å². The Morgan fingerprint density at radius 3 is 2.15 bits per heavy atom. The van der Waals surface area contributed by atoms with E-state index in [9.17, 15) is 0 Å². The summed E-state index contributed by atoms with van der Waals surface area (Å²) >= 11 is 0. The summed E-state index contributed by atoms with van der Waals surface area (Å²) in [5.41, 5.74) is 0. The third-order valence-electron chi connectivity index (χ3n) is 3.44. The Hall–Kier alpha value is -0.160. The van der Waals surface area contributed by atoms with Crippen molar-refractivity contribution in [2.75, 3.05) is 60.2 Å². The van der Waals surface area contributed by atoms with Gasteiger partial charge < -0.3 is 19.7 Å². The van der Waals surface area contributed by atoms with Crippen molar-refractivity contribution < 1.29 is 9.47 Å². The van der Waals surface area contributed by atoms with E-state index in [2.05, 4.69) is 17.1 Å². The number of hydrogen-bond acceptors (Lipinski definition) is 4. The predicted octanol–water partition coefficient (Wildman–Crippen LogP) is 2.53. The van der Waals surface area contributed by atoms with E-state index in [0.717, 1.165) is 39.3 Å². The molecule has 0 saturated heterocycles. The number of methoxy groups -OCH3 is 2. The molecule has 0 aliphatic carbocycles. The minimum Gasteiger partial charge on any atom is -0.385 e. The second-order valence-electron chi connectivity index (χ2n) is 5.35. The van der Waals surface area contributed by atoms with Gasteiger partial charge in [-0.2, -0.15) is 0 Å². The number of hydrogen-bond donors (Lipinski definition) is 1. The maximum atomic E-state index is 5.18. The third kappa shape index (κ3) is 14.3. The zero-order valence-corrected chi connectivity index (χ0v) is 14.0. The molecule has 0 fully saturated rings.